The van der Waals surface area contributed by atoms with Crippen molar-refractivity contribution in [2.75, 3.05) is 31.1 Å². The fraction of sp³-hybridized carbons (Fsp3) is 0.421. The van der Waals surface area contributed by atoms with Crippen LogP contribution in [0.1, 0.15) is 28.5 Å². The molecule has 0 N–H and O–H groups in total. The van der Waals surface area contributed by atoms with Gasteiger partial charge in [-0.25, -0.2) is 4.98 Å². The van der Waals surface area contributed by atoms with Gasteiger partial charge in [0.2, 0.25) is 0 Å². The standard InChI is InChI=1S/C19H23N5OS/c1-4-14-6-5-7-15-16(14)21-19(26-15)24-10-8-23(9-11-24)18(25)17-13(2)12-20-22(17)3/h5-7,12H,4,8-11H2,1-3H3. The number of rotatable bonds is 3. The molecule has 0 atom stereocenters. The van der Waals surface area contributed by atoms with Crippen molar-refractivity contribution in [3.63, 3.8) is 0 Å². The van der Waals surface area contributed by atoms with Crippen LogP contribution in [-0.4, -0.2) is 51.8 Å². The Kier molecular flexibility index (Phi) is 4.40. The second kappa shape index (κ2) is 6.72. The molecule has 4 rings (SSSR count). The maximum Gasteiger partial charge on any atom is 0.272 e. The average Bonchev–Trinajstić information content (AvgIpc) is 3.24. The molecule has 1 fully saturated rings. The van der Waals surface area contributed by atoms with E-state index in [4.69, 9.17) is 4.98 Å². The highest BCUT2D eigenvalue weighted by molar-refractivity contribution is 7.22. The molecule has 0 radical (unpaired) electrons. The van der Waals surface area contributed by atoms with Crippen LogP contribution < -0.4 is 4.90 Å². The minimum absolute atomic E-state index is 0.0692. The third kappa shape index (κ3) is 2.86. The third-order valence-corrected chi connectivity index (χ3v) is 6.12. The number of anilines is 1. The van der Waals surface area contributed by atoms with Crippen LogP contribution in [0.5, 0.6) is 0 Å². The number of thiazole rings is 1. The van der Waals surface area contributed by atoms with Gasteiger partial charge in [-0.1, -0.05) is 30.4 Å². The van der Waals surface area contributed by atoms with Crippen LogP contribution in [0.2, 0.25) is 0 Å². The van der Waals surface area contributed by atoms with Crippen molar-refractivity contribution in [2.45, 2.75) is 20.3 Å². The monoisotopic (exact) mass is 369 g/mol. The van der Waals surface area contributed by atoms with Gasteiger partial charge in [-0.05, 0) is 30.5 Å². The van der Waals surface area contributed by atoms with E-state index in [1.54, 1.807) is 22.2 Å². The summed E-state index contributed by atoms with van der Waals surface area (Å²) in [6.07, 6.45) is 2.74. The van der Waals surface area contributed by atoms with E-state index in [1.807, 2.05) is 18.9 Å². The Morgan fingerprint density at radius 3 is 2.65 bits per heavy atom. The Morgan fingerprint density at radius 2 is 2.00 bits per heavy atom. The summed E-state index contributed by atoms with van der Waals surface area (Å²) in [5.41, 5.74) is 4.04. The van der Waals surface area contributed by atoms with E-state index >= 15 is 0 Å². The molecule has 136 valence electrons. The lowest BCUT2D eigenvalue weighted by atomic mass is 10.1. The number of amides is 1. The van der Waals surface area contributed by atoms with Gasteiger partial charge in [0.1, 0.15) is 5.69 Å². The molecule has 1 saturated heterocycles. The van der Waals surface area contributed by atoms with Crippen molar-refractivity contribution in [2.24, 2.45) is 7.05 Å². The topological polar surface area (TPSA) is 54.3 Å². The number of hydrogen-bond acceptors (Lipinski definition) is 5. The first-order valence-electron chi connectivity index (χ1n) is 8.99. The Balaban J connectivity index is 1.49. The van der Waals surface area contributed by atoms with Crippen LogP contribution in [0, 0.1) is 6.92 Å². The zero-order chi connectivity index (χ0) is 18.3. The first-order valence-corrected chi connectivity index (χ1v) is 9.81. The number of piperazine rings is 1. The minimum Gasteiger partial charge on any atom is -0.345 e. The Bertz CT molecular complexity index is 933. The molecular formula is C19H23N5OS. The second-order valence-corrected chi connectivity index (χ2v) is 7.70. The van der Waals surface area contributed by atoms with Crippen molar-refractivity contribution < 1.29 is 4.79 Å². The summed E-state index contributed by atoms with van der Waals surface area (Å²) in [4.78, 5) is 21.9. The summed E-state index contributed by atoms with van der Waals surface area (Å²) in [7, 11) is 1.82. The highest BCUT2D eigenvalue weighted by Gasteiger charge is 2.26. The Hall–Kier alpha value is -2.41. The maximum atomic E-state index is 12.8. The number of hydrogen-bond donors (Lipinski definition) is 0. The molecule has 0 bridgehead atoms. The lowest BCUT2D eigenvalue weighted by Crippen LogP contribution is -2.49. The molecule has 0 aliphatic carbocycles. The maximum absolute atomic E-state index is 12.8. The van der Waals surface area contributed by atoms with Crippen LogP contribution in [0.25, 0.3) is 10.2 Å². The lowest BCUT2D eigenvalue weighted by molar-refractivity contribution is 0.0735. The van der Waals surface area contributed by atoms with Crippen molar-refractivity contribution in [1.29, 1.82) is 0 Å². The molecular weight excluding hydrogens is 346 g/mol. The molecule has 0 unspecified atom stereocenters. The van der Waals surface area contributed by atoms with E-state index < -0.39 is 0 Å². The Morgan fingerprint density at radius 1 is 1.23 bits per heavy atom. The first kappa shape index (κ1) is 17.0. The van der Waals surface area contributed by atoms with Gasteiger partial charge in [0.05, 0.1) is 16.4 Å². The van der Waals surface area contributed by atoms with Crippen LogP contribution in [0.3, 0.4) is 0 Å². The average molecular weight is 369 g/mol. The summed E-state index contributed by atoms with van der Waals surface area (Å²) >= 11 is 1.74. The molecule has 7 heteroatoms. The molecule has 26 heavy (non-hydrogen) atoms. The van der Waals surface area contributed by atoms with Gasteiger partial charge in [-0.2, -0.15) is 5.10 Å². The van der Waals surface area contributed by atoms with Crippen LogP contribution in [-0.2, 0) is 13.5 Å². The quantitative estimate of drug-likeness (QED) is 0.712. The molecule has 0 spiro atoms. The molecule has 3 aromatic rings. The van der Waals surface area contributed by atoms with Crippen LogP contribution in [0.4, 0.5) is 5.13 Å². The predicted molar refractivity (Wildman–Crippen MR) is 105 cm³/mol. The van der Waals surface area contributed by atoms with Crippen molar-refractivity contribution >= 4 is 32.6 Å². The summed E-state index contributed by atoms with van der Waals surface area (Å²) in [5.74, 6) is 0.0692. The van der Waals surface area contributed by atoms with Crippen LogP contribution in [0.15, 0.2) is 24.4 Å². The normalized spacial score (nSPS) is 15.0. The fourth-order valence-electron chi connectivity index (χ4n) is 3.52. The van der Waals surface area contributed by atoms with Gasteiger partial charge >= 0.3 is 0 Å². The number of para-hydroxylation sites is 1. The zero-order valence-corrected chi connectivity index (χ0v) is 16.2. The third-order valence-electron chi connectivity index (χ3n) is 5.03. The summed E-state index contributed by atoms with van der Waals surface area (Å²) in [6, 6.07) is 6.40. The predicted octanol–water partition coefficient (Wildman–Crippen LogP) is 2.86. The largest absolute Gasteiger partial charge is 0.345 e. The molecule has 0 saturated carbocycles. The number of benzene rings is 1. The van der Waals surface area contributed by atoms with Gasteiger partial charge in [0.15, 0.2) is 5.13 Å². The number of nitrogens with zero attached hydrogens (tertiary/aromatic N) is 5. The van der Waals surface area contributed by atoms with Crippen LogP contribution >= 0.6 is 11.3 Å². The minimum atomic E-state index is 0.0692. The van der Waals surface area contributed by atoms with Crippen molar-refractivity contribution in [3.8, 4) is 0 Å². The smallest absolute Gasteiger partial charge is 0.272 e. The molecule has 2 aromatic heterocycles. The first-order chi connectivity index (χ1) is 12.6. The van der Waals surface area contributed by atoms with E-state index in [-0.39, 0.29) is 5.91 Å². The summed E-state index contributed by atoms with van der Waals surface area (Å²) in [5, 5.41) is 5.25. The number of aryl methyl sites for hydroxylation is 3. The molecule has 1 aliphatic rings. The van der Waals surface area contributed by atoms with Gasteiger partial charge < -0.3 is 9.80 Å². The number of carbonyl (C=O) groups is 1. The Labute approximate surface area is 157 Å². The second-order valence-electron chi connectivity index (χ2n) is 6.69. The highest BCUT2D eigenvalue weighted by Crippen LogP contribution is 2.31. The van der Waals surface area contributed by atoms with E-state index in [0.29, 0.717) is 18.8 Å². The molecule has 1 aliphatic heterocycles. The fourth-order valence-corrected chi connectivity index (χ4v) is 4.58. The SMILES string of the molecule is CCc1cccc2sc(N3CCN(C(=O)c4c(C)cnn4C)CC3)nc12. The van der Waals surface area contributed by atoms with E-state index in [2.05, 4.69) is 35.1 Å². The van der Waals surface area contributed by atoms with Gasteiger partial charge in [0, 0.05) is 33.2 Å². The summed E-state index contributed by atoms with van der Waals surface area (Å²) < 4.78 is 2.91. The lowest BCUT2D eigenvalue weighted by Gasteiger charge is -2.34. The highest BCUT2D eigenvalue weighted by atomic mass is 32.1. The number of carbonyl (C=O) groups excluding carboxylic acids is 1. The molecule has 1 aromatic carbocycles. The molecule has 1 amide bonds. The van der Waals surface area contributed by atoms with E-state index in [0.717, 1.165) is 35.7 Å². The molecule has 6 nitrogen and oxygen atoms in total. The summed E-state index contributed by atoms with van der Waals surface area (Å²) in [6.45, 7) is 7.13. The van der Waals surface area contributed by atoms with E-state index in [1.165, 1.54) is 10.3 Å². The van der Waals surface area contributed by atoms with Gasteiger partial charge in [-0.3, -0.25) is 9.48 Å². The van der Waals surface area contributed by atoms with Crippen molar-refractivity contribution in [3.05, 3.63) is 41.2 Å². The number of aromatic nitrogens is 3. The van der Waals surface area contributed by atoms with Crippen molar-refractivity contribution in [1.82, 2.24) is 19.7 Å². The zero-order valence-electron chi connectivity index (χ0n) is 15.4. The van der Waals surface area contributed by atoms with Gasteiger partial charge in [0.25, 0.3) is 5.91 Å². The number of fused-ring (bicyclic) bond motifs is 1. The molecule has 3 heterocycles. The van der Waals surface area contributed by atoms with E-state index in [9.17, 15) is 4.79 Å². The van der Waals surface area contributed by atoms with Gasteiger partial charge in [-0.15, -0.1) is 0 Å².